The second-order valence-corrected chi connectivity index (χ2v) is 10.5. The van der Waals surface area contributed by atoms with E-state index in [9.17, 15) is 0 Å². The number of rotatable bonds is 2. The minimum atomic E-state index is -0.377. The minimum Gasteiger partial charge on any atom is -0.333 e. The number of fused-ring (bicyclic) bond motifs is 5. The van der Waals surface area contributed by atoms with Gasteiger partial charge in [0.25, 0.3) is 0 Å². The smallest absolute Gasteiger partial charge is 0.0645 e. The van der Waals surface area contributed by atoms with Crippen molar-refractivity contribution in [3.63, 3.8) is 0 Å². The highest BCUT2D eigenvalue weighted by Crippen LogP contribution is 2.51. The number of anilines is 2. The molecule has 2 heteroatoms. The molecule has 0 spiro atoms. The summed E-state index contributed by atoms with van der Waals surface area (Å²) in [6.45, 7) is 0. The van der Waals surface area contributed by atoms with Gasteiger partial charge in [0.15, 0.2) is 0 Å². The molecule has 0 N–H and O–H groups in total. The number of allylic oxidation sites excluding steroid dienone is 2. The van der Waals surface area contributed by atoms with E-state index in [4.69, 9.17) is 6.85 Å². The summed E-state index contributed by atoms with van der Waals surface area (Å²) in [5, 5.41) is 2.55. The van der Waals surface area contributed by atoms with Crippen LogP contribution in [0.1, 0.15) is 23.9 Å². The Morgan fingerprint density at radius 3 is 2.56 bits per heavy atom. The van der Waals surface area contributed by atoms with E-state index in [2.05, 4.69) is 78.9 Å². The van der Waals surface area contributed by atoms with Crippen molar-refractivity contribution in [1.82, 2.24) is 0 Å². The van der Waals surface area contributed by atoms with Gasteiger partial charge in [-0.25, -0.2) is 0 Å². The van der Waals surface area contributed by atoms with Crippen LogP contribution in [0.3, 0.4) is 0 Å². The van der Waals surface area contributed by atoms with Gasteiger partial charge in [0.1, 0.15) is 0 Å². The number of benzene rings is 5. The van der Waals surface area contributed by atoms with Crippen molar-refractivity contribution >= 4 is 39.5 Å². The quantitative estimate of drug-likeness (QED) is 0.242. The van der Waals surface area contributed by atoms with E-state index in [1.165, 1.54) is 31.7 Å². The fourth-order valence-electron chi connectivity index (χ4n) is 5.91. The normalized spacial score (nSPS) is 20.9. The topological polar surface area (TPSA) is 3.24 Å². The fourth-order valence-corrected chi connectivity index (χ4v) is 7.04. The van der Waals surface area contributed by atoms with E-state index in [0.29, 0.717) is 0 Å². The van der Waals surface area contributed by atoms with Crippen LogP contribution in [-0.2, 0) is 0 Å². The number of para-hydroxylation sites is 2. The molecule has 2 heterocycles. The van der Waals surface area contributed by atoms with Crippen molar-refractivity contribution in [2.75, 3.05) is 4.90 Å². The van der Waals surface area contributed by atoms with Crippen molar-refractivity contribution in [2.24, 2.45) is 0 Å². The maximum Gasteiger partial charge on any atom is 0.0645 e. The number of hydrogen-bond acceptors (Lipinski definition) is 2. The molecule has 0 saturated heterocycles. The molecule has 170 valence electrons. The SMILES string of the molecule is [2H]c1c([2H])c([2H])c(N2c3ccccc3C3C=C(c4ccc5c(c4)-c4cccc6cccc(c46)S5)C=CC32)c([2H])c1[2H]. The van der Waals surface area contributed by atoms with Crippen LogP contribution in [0.5, 0.6) is 0 Å². The van der Waals surface area contributed by atoms with Crippen LogP contribution in [0, 0.1) is 0 Å². The van der Waals surface area contributed by atoms with E-state index in [1.807, 2.05) is 34.9 Å². The zero-order valence-electron chi connectivity index (χ0n) is 24.2. The highest BCUT2D eigenvalue weighted by Gasteiger charge is 2.38. The Balaban J connectivity index is 1.25. The first-order chi connectivity index (χ1) is 19.9. The summed E-state index contributed by atoms with van der Waals surface area (Å²) < 4.78 is 41.9. The van der Waals surface area contributed by atoms with Gasteiger partial charge in [0.2, 0.25) is 0 Å². The molecule has 2 unspecified atom stereocenters. The lowest BCUT2D eigenvalue weighted by Gasteiger charge is -2.30. The van der Waals surface area contributed by atoms with Crippen LogP contribution >= 0.6 is 11.8 Å². The molecule has 2 aliphatic heterocycles. The van der Waals surface area contributed by atoms with Crippen molar-refractivity contribution in [2.45, 2.75) is 21.8 Å². The first-order valence-electron chi connectivity index (χ1n) is 14.6. The summed E-state index contributed by atoms with van der Waals surface area (Å²) >= 11 is 1.82. The van der Waals surface area contributed by atoms with E-state index < -0.39 is 0 Å². The first kappa shape index (κ1) is 15.9. The molecule has 1 aliphatic carbocycles. The van der Waals surface area contributed by atoms with Crippen LogP contribution in [0.25, 0.3) is 27.5 Å². The predicted octanol–water partition coefficient (Wildman–Crippen LogP) is 9.23. The molecule has 0 amide bonds. The zero-order valence-corrected chi connectivity index (χ0v) is 20.1. The van der Waals surface area contributed by atoms with Crippen molar-refractivity contribution < 1.29 is 6.85 Å². The molecule has 5 aromatic carbocycles. The Labute approximate surface area is 222 Å². The van der Waals surface area contributed by atoms with Gasteiger partial charge >= 0.3 is 0 Å². The molecular formula is C34H23NS. The molecule has 3 aliphatic rings. The van der Waals surface area contributed by atoms with Crippen molar-refractivity contribution in [3.05, 3.63) is 138 Å². The molecule has 0 saturated carbocycles. The summed E-state index contributed by atoms with van der Waals surface area (Å²) in [4.78, 5) is 4.45. The van der Waals surface area contributed by atoms with Gasteiger partial charge in [0.05, 0.1) is 12.9 Å². The van der Waals surface area contributed by atoms with Gasteiger partial charge in [-0.15, -0.1) is 0 Å². The maximum atomic E-state index is 8.65. The molecule has 36 heavy (non-hydrogen) atoms. The molecule has 0 aromatic heterocycles. The zero-order chi connectivity index (χ0) is 28.0. The van der Waals surface area contributed by atoms with Crippen LogP contribution in [0.15, 0.2) is 137 Å². The van der Waals surface area contributed by atoms with Gasteiger partial charge in [-0.1, -0.05) is 103 Å². The van der Waals surface area contributed by atoms with E-state index in [-0.39, 0.29) is 47.9 Å². The Morgan fingerprint density at radius 1 is 0.778 bits per heavy atom. The summed E-state index contributed by atoms with van der Waals surface area (Å²) in [5.41, 5.74) is 6.91. The standard InChI is InChI=1S/C34H23NS/c1-2-10-25(11-3-1)35-30-14-5-4-12-26(30)28-20-23(16-18-31(28)35)24-17-19-32-29(21-24)27-13-6-8-22-9-7-15-33(36-32)34(22)27/h1-21,28,31H/i1D,2D,3D,10D,11D. The van der Waals surface area contributed by atoms with Crippen LogP contribution in [-0.4, -0.2) is 6.04 Å². The second-order valence-electron chi connectivity index (χ2n) is 9.37. The largest absolute Gasteiger partial charge is 0.333 e. The lowest BCUT2D eigenvalue weighted by molar-refractivity contribution is 0.747. The molecule has 2 atom stereocenters. The van der Waals surface area contributed by atoms with Gasteiger partial charge in [0, 0.05) is 32.5 Å². The molecule has 5 aromatic rings. The van der Waals surface area contributed by atoms with Gasteiger partial charge in [-0.3, -0.25) is 0 Å². The third kappa shape index (κ3) is 2.91. The molecule has 0 fully saturated rings. The molecule has 0 radical (unpaired) electrons. The van der Waals surface area contributed by atoms with E-state index >= 15 is 0 Å². The van der Waals surface area contributed by atoms with Crippen LogP contribution in [0.4, 0.5) is 11.4 Å². The summed E-state index contributed by atoms with van der Waals surface area (Å²) in [6, 6.07) is 26.1. The van der Waals surface area contributed by atoms with Gasteiger partial charge in [-0.05, 0) is 69.6 Å². The highest BCUT2D eigenvalue weighted by atomic mass is 32.2. The average molecular weight is 483 g/mol. The third-order valence-corrected chi connectivity index (χ3v) is 8.61. The predicted molar refractivity (Wildman–Crippen MR) is 152 cm³/mol. The van der Waals surface area contributed by atoms with E-state index in [0.717, 1.165) is 22.4 Å². The fraction of sp³-hybridized carbons (Fsp3) is 0.0588. The summed E-state index contributed by atoms with van der Waals surface area (Å²) in [5.74, 6) is -0.0291. The van der Waals surface area contributed by atoms with Gasteiger partial charge < -0.3 is 4.90 Å². The molecule has 0 bridgehead atoms. The lowest BCUT2D eigenvalue weighted by Crippen LogP contribution is -2.28. The van der Waals surface area contributed by atoms with Gasteiger partial charge in [-0.2, -0.15) is 0 Å². The molecular weight excluding hydrogens is 454 g/mol. The number of nitrogens with zero attached hydrogens (tertiary/aromatic N) is 1. The van der Waals surface area contributed by atoms with Crippen LogP contribution in [0.2, 0.25) is 0 Å². The van der Waals surface area contributed by atoms with E-state index in [1.54, 1.807) is 0 Å². The lowest BCUT2D eigenvalue weighted by atomic mass is 9.85. The highest BCUT2D eigenvalue weighted by molar-refractivity contribution is 7.99. The first-order valence-corrected chi connectivity index (χ1v) is 12.9. The minimum absolute atomic E-state index is 0.0291. The number of hydrogen-bond donors (Lipinski definition) is 0. The summed E-state index contributed by atoms with van der Waals surface area (Å²) in [6.07, 6.45) is 6.50. The van der Waals surface area contributed by atoms with Crippen molar-refractivity contribution in [1.29, 1.82) is 0 Å². The summed E-state index contributed by atoms with van der Waals surface area (Å²) in [7, 11) is 0. The maximum absolute atomic E-state index is 8.65. The average Bonchev–Trinajstić information content (AvgIpc) is 3.33. The Hall–Kier alpha value is -4.01. The molecule has 8 rings (SSSR count). The Morgan fingerprint density at radius 2 is 1.64 bits per heavy atom. The second kappa shape index (κ2) is 7.74. The Kier molecular flexibility index (Phi) is 3.42. The Bertz CT molecular complexity index is 1980. The third-order valence-electron chi connectivity index (χ3n) is 7.47. The monoisotopic (exact) mass is 482 g/mol. The van der Waals surface area contributed by atoms with Crippen molar-refractivity contribution in [3.8, 4) is 11.1 Å². The molecule has 1 nitrogen and oxygen atoms in total. The van der Waals surface area contributed by atoms with Crippen LogP contribution < -0.4 is 4.90 Å².